The van der Waals surface area contributed by atoms with E-state index in [0.717, 1.165) is 24.7 Å². The third-order valence-corrected chi connectivity index (χ3v) is 3.31. The molecule has 0 bridgehead atoms. The van der Waals surface area contributed by atoms with Crippen molar-refractivity contribution in [3.8, 4) is 0 Å². The Hall–Kier alpha value is -1.84. The molecule has 0 aromatic heterocycles. The second kappa shape index (κ2) is 5.65. The van der Waals surface area contributed by atoms with Gasteiger partial charge in [0.05, 0.1) is 6.04 Å². The molecule has 1 aliphatic rings. The fourth-order valence-electron chi connectivity index (χ4n) is 2.49. The lowest BCUT2D eigenvalue weighted by atomic mass is 10.0. The number of hydrogen-bond acceptors (Lipinski definition) is 3. The largest absolute Gasteiger partial charge is 0.444 e. The summed E-state index contributed by atoms with van der Waals surface area (Å²) in [6, 6.07) is 7.43. The molecule has 1 aromatic rings. The van der Waals surface area contributed by atoms with Crippen molar-refractivity contribution in [2.45, 2.75) is 45.3 Å². The van der Waals surface area contributed by atoms with Gasteiger partial charge in [0.25, 0.3) is 0 Å². The van der Waals surface area contributed by atoms with Crippen LogP contribution in [-0.4, -0.2) is 29.4 Å². The molecular weight excluding hydrogens is 254 g/mol. The van der Waals surface area contributed by atoms with Gasteiger partial charge in [0.1, 0.15) is 11.9 Å². The van der Waals surface area contributed by atoms with Gasteiger partial charge in [-0.05, 0) is 45.2 Å². The number of ether oxygens (including phenoxy) is 1. The molecule has 0 aliphatic carbocycles. The van der Waals surface area contributed by atoms with Crippen LogP contribution in [0.4, 0.5) is 4.79 Å². The zero-order valence-electron chi connectivity index (χ0n) is 12.3. The standard InChI is InChI=1S/C16H21NO3/c1-16(2,3)20-15(19)17-9-5-8-14(17)13-7-4-6-12(10-13)11-18/h4,6-7,10-11,14H,5,8-9H2,1-3H3. The van der Waals surface area contributed by atoms with Crippen LogP contribution in [0.2, 0.25) is 0 Å². The second-order valence-electron chi connectivity index (χ2n) is 6.12. The Bertz CT molecular complexity index is 505. The van der Waals surface area contributed by atoms with Gasteiger partial charge in [-0.15, -0.1) is 0 Å². The number of nitrogens with zero attached hydrogens (tertiary/aromatic N) is 1. The van der Waals surface area contributed by atoms with Crippen molar-refractivity contribution < 1.29 is 14.3 Å². The van der Waals surface area contributed by atoms with Crippen LogP contribution in [0.3, 0.4) is 0 Å². The fourth-order valence-corrected chi connectivity index (χ4v) is 2.49. The highest BCUT2D eigenvalue weighted by Crippen LogP contribution is 2.33. The summed E-state index contributed by atoms with van der Waals surface area (Å²) in [5.74, 6) is 0. The summed E-state index contributed by atoms with van der Waals surface area (Å²) in [4.78, 5) is 24.9. The summed E-state index contributed by atoms with van der Waals surface area (Å²) < 4.78 is 5.45. The molecule has 0 saturated carbocycles. The molecule has 1 atom stereocenters. The van der Waals surface area contributed by atoms with Crippen molar-refractivity contribution in [1.29, 1.82) is 0 Å². The molecule has 1 aliphatic heterocycles. The van der Waals surface area contributed by atoms with Crippen molar-refractivity contribution in [2.24, 2.45) is 0 Å². The summed E-state index contributed by atoms with van der Waals surface area (Å²) in [5, 5.41) is 0. The summed E-state index contributed by atoms with van der Waals surface area (Å²) >= 11 is 0. The van der Waals surface area contributed by atoms with Crippen LogP contribution in [0.5, 0.6) is 0 Å². The lowest BCUT2D eigenvalue weighted by molar-refractivity contribution is 0.0224. The van der Waals surface area contributed by atoms with Crippen LogP contribution in [0, 0.1) is 0 Å². The summed E-state index contributed by atoms with van der Waals surface area (Å²) in [7, 11) is 0. The molecule has 1 fully saturated rings. The maximum atomic E-state index is 12.2. The van der Waals surface area contributed by atoms with E-state index in [1.54, 1.807) is 11.0 Å². The van der Waals surface area contributed by atoms with E-state index in [4.69, 9.17) is 4.74 Å². The maximum absolute atomic E-state index is 12.2. The number of rotatable bonds is 2. The van der Waals surface area contributed by atoms with E-state index in [2.05, 4.69) is 0 Å². The molecule has 1 amide bonds. The first-order valence-corrected chi connectivity index (χ1v) is 6.95. The van der Waals surface area contributed by atoms with Gasteiger partial charge in [-0.1, -0.05) is 18.2 Å². The lowest BCUT2D eigenvalue weighted by Crippen LogP contribution is -2.36. The predicted octanol–water partition coefficient (Wildman–Crippen LogP) is 3.57. The fraction of sp³-hybridized carbons (Fsp3) is 0.500. The predicted molar refractivity (Wildman–Crippen MR) is 76.7 cm³/mol. The topological polar surface area (TPSA) is 46.6 Å². The Labute approximate surface area is 119 Å². The Morgan fingerprint density at radius 1 is 1.40 bits per heavy atom. The lowest BCUT2D eigenvalue weighted by Gasteiger charge is -2.29. The number of aldehydes is 1. The minimum atomic E-state index is -0.491. The number of hydrogen-bond donors (Lipinski definition) is 0. The average molecular weight is 275 g/mol. The summed E-state index contributed by atoms with van der Waals surface area (Å²) in [6.45, 7) is 6.29. The molecule has 1 aromatic carbocycles. The molecule has 4 heteroatoms. The molecule has 1 saturated heterocycles. The maximum Gasteiger partial charge on any atom is 0.410 e. The zero-order valence-corrected chi connectivity index (χ0v) is 12.3. The van der Waals surface area contributed by atoms with E-state index >= 15 is 0 Å². The molecule has 4 nitrogen and oxygen atoms in total. The number of amides is 1. The van der Waals surface area contributed by atoms with E-state index < -0.39 is 5.60 Å². The van der Waals surface area contributed by atoms with Crippen LogP contribution < -0.4 is 0 Å². The quantitative estimate of drug-likeness (QED) is 0.775. The van der Waals surface area contributed by atoms with Crippen LogP contribution in [-0.2, 0) is 4.74 Å². The monoisotopic (exact) mass is 275 g/mol. The number of likely N-dealkylation sites (tertiary alicyclic amines) is 1. The van der Waals surface area contributed by atoms with Gasteiger partial charge in [-0.3, -0.25) is 4.79 Å². The third-order valence-electron chi connectivity index (χ3n) is 3.31. The van der Waals surface area contributed by atoms with Crippen LogP contribution >= 0.6 is 0 Å². The molecule has 1 heterocycles. The average Bonchev–Trinajstić information content (AvgIpc) is 2.86. The highest BCUT2D eigenvalue weighted by Gasteiger charge is 2.33. The minimum Gasteiger partial charge on any atom is -0.444 e. The first kappa shape index (κ1) is 14.6. The zero-order chi connectivity index (χ0) is 14.8. The van der Waals surface area contributed by atoms with Gasteiger partial charge in [0.15, 0.2) is 0 Å². The van der Waals surface area contributed by atoms with Crippen LogP contribution in [0.1, 0.15) is 55.6 Å². The molecule has 0 spiro atoms. The number of benzene rings is 1. The first-order valence-electron chi connectivity index (χ1n) is 6.95. The molecule has 108 valence electrons. The Morgan fingerprint density at radius 3 is 2.80 bits per heavy atom. The summed E-state index contributed by atoms with van der Waals surface area (Å²) in [6.07, 6.45) is 2.41. The normalized spacial score (nSPS) is 18.9. The Balaban J connectivity index is 2.18. The van der Waals surface area contributed by atoms with Crippen LogP contribution in [0.25, 0.3) is 0 Å². The van der Waals surface area contributed by atoms with E-state index in [0.29, 0.717) is 12.1 Å². The van der Waals surface area contributed by atoms with Crippen molar-refractivity contribution in [2.75, 3.05) is 6.54 Å². The van der Waals surface area contributed by atoms with E-state index in [-0.39, 0.29) is 12.1 Å². The van der Waals surface area contributed by atoms with Gasteiger partial charge in [-0.25, -0.2) is 4.79 Å². The van der Waals surface area contributed by atoms with Gasteiger partial charge in [0.2, 0.25) is 0 Å². The minimum absolute atomic E-state index is 0.00440. The second-order valence-corrected chi connectivity index (χ2v) is 6.12. The molecule has 20 heavy (non-hydrogen) atoms. The van der Waals surface area contributed by atoms with Crippen LogP contribution in [0.15, 0.2) is 24.3 Å². The first-order chi connectivity index (χ1) is 9.40. The van der Waals surface area contributed by atoms with E-state index in [1.807, 2.05) is 39.0 Å². The number of carbonyl (C=O) groups excluding carboxylic acids is 2. The summed E-state index contributed by atoms with van der Waals surface area (Å²) in [5.41, 5.74) is 1.14. The van der Waals surface area contributed by atoms with Gasteiger partial charge < -0.3 is 9.64 Å². The molecule has 2 rings (SSSR count). The van der Waals surface area contributed by atoms with E-state index in [9.17, 15) is 9.59 Å². The molecule has 1 unspecified atom stereocenters. The van der Waals surface area contributed by atoms with Crippen molar-refractivity contribution >= 4 is 12.4 Å². The van der Waals surface area contributed by atoms with E-state index in [1.165, 1.54) is 0 Å². The van der Waals surface area contributed by atoms with Crippen molar-refractivity contribution in [3.63, 3.8) is 0 Å². The van der Waals surface area contributed by atoms with Crippen molar-refractivity contribution in [3.05, 3.63) is 35.4 Å². The highest BCUT2D eigenvalue weighted by atomic mass is 16.6. The van der Waals surface area contributed by atoms with Gasteiger partial charge >= 0.3 is 6.09 Å². The smallest absolute Gasteiger partial charge is 0.410 e. The Kier molecular flexibility index (Phi) is 4.12. The molecule has 0 N–H and O–H groups in total. The Morgan fingerprint density at radius 2 is 2.15 bits per heavy atom. The SMILES string of the molecule is CC(C)(C)OC(=O)N1CCCC1c1cccc(C=O)c1. The highest BCUT2D eigenvalue weighted by molar-refractivity contribution is 5.75. The van der Waals surface area contributed by atoms with Gasteiger partial charge in [0, 0.05) is 12.1 Å². The molecular formula is C16H21NO3. The van der Waals surface area contributed by atoms with Crippen molar-refractivity contribution in [1.82, 2.24) is 4.90 Å². The number of carbonyl (C=O) groups is 2. The third kappa shape index (κ3) is 3.38. The van der Waals surface area contributed by atoms with Gasteiger partial charge in [-0.2, -0.15) is 0 Å². The molecule has 0 radical (unpaired) electrons.